The summed E-state index contributed by atoms with van der Waals surface area (Å²) in [5.74, 6) is 4.11. The highest BCUT2D eigenvalue weighted by Crippen LogP contribution is 1.85. The maximum absolute atomic E-state index is 10.2. The Balaban J connectivity index is 0. The zero-order valence-corrected chi connectivity index (χ0v) is 6.24. The van der Waals surface area contributed by atoms with Crippen LogP contribution < -0.4 is 5.90 Å². The third-order valence-corrected chi connectivity index (χ3v) is 1.41. The topological polar surface area (TPSA) is 69.4 Å². The predicted octanol–water partition coefficient (Wildman–Crippen LogP) is -0.186. The largest absolute Gasteiger partial charge is 0.286 e. The molecule has 0 fully saturated rings. The van der Waals surface area contributed by atoms with Gasteiger partial charge in [0.1, 0.15) is 0 Å². The fraction of sp³-hybridized carbons (Fsp3) is 0.333. The minimum Gasteiger partial charge on any atom is -0.198 e. The summed E-state index contributed by atoms with van der Waals surface area (Å²) in [5.41, 5.74) is 0. The van der Waals surface area contributed by atoms with E-state index in [1.165, 1.54) is 6.08 Å². The average Bonchev–Trinajstić information content (AvgIpc) is 1.67. The van der Waals surface area contributed by atoms with Crippen molar-refractivity contribution in [2.45, 2.75) is 0 Å². The molecule has 0 bridgehead atoms. The lowest BCUT2D eigenvalue weighted by atomic mass is 10.8. The Kier molecular flexibility index (Phi) is 6.16. The maximum Gasteiger partial charge on any atom is 0.286 e. The van der Waals surface area contributed by atoms with Gasteiger partial charge in [0.25, 0.3) is 10.1 Å². The van der Waals surface area contributed by atoms with Gasteiger partial charge in [0.05, 0.1) is 5.75 Å². The second kappa shape index (κ2) is 4.75. The van der Waals surface area contributed by atoms with E-state index in [1.807, 2.05) is 0 Å². The van der Waals surface area contributed by atoms with Crippen molar-refractivity contribution in [2.24, 2.45) is 5.90 Å². The van der Waals surface area contributed by atoms with E-state index in [2.05, 4.69) is 16.8 Å². The Bertz CT molecular complexity index is 164. The molecule has 9 heavy (non-hydrogen) atoms. The number of hydrogen-bond acceptors (Lipinski definition) is 4. The van der Waals surface area contributed by atoms with E-state index in [4.69, 9.17) is 0 Å². The Morgan fingerprint density at radius 1 is 1.67 bits per heavy atom. The van der Waals surface area contributed by atoms with Crippen LogP contribution in [0.4, 0.5) is 0 Å². The highest BCUT2D eigenvalue weighted by molar-refractivity contribution is 7.86. The first-order valence-electron chi connectivity index (χ1n) is 1.84. The molecule has 0 spiro atoms. The lowest BCUT2D eigenvalue weighted by molar-refractivity contribution is 0.335. The van der Waals surface area contributed by atoms with Crippen molar-refractivity contribution < 1.29 is 12.7 Å². The third-order valence-electron chi connectivity index (χ3n) is 0.469. The molecular formula is C3H8ClNO3S. The summed E-state index contributed by atoms with van der Waals surface area (Å²) >= 11 is 0. The van der Waals surface area contributed by atoms with Gasteiger partial charge in [-0.2, -0.15) is 18.6 Å². The summed E-state index contributed by atoms with van der Waals surface area (Å²) in [5, 5.41) is 0. The Morgan fingerprint density at radius 3 is 2.22 bits per heavy atom. The molecule has 4 nitrogen and oxygen atoms in total. The summed E-state index contributed by atoms with van der Waals surface area (Å²) in [6, 6.07) is 0. The highest BCUT2D eigenvalue weighted by Gasteiger charge is 2.03. The Hall–Kier alpha value is -0.100. The molecule has 0 aliphatic carbocycles. The van der Waals surface area contributed by atoms with Gasteiger partial charge in [-0.25, -0.2) is 0 Å². The molecule has 0 heterocycles. The normalized spacial score (nSPS) is 9.89. The SMILES string of the molecule is C=CCS(=O)(=O)ON.Cl. The van der Waals surface area contributed by atoms with Crippen LogP contribution in [0.3, 0.4) is 0 Å². The van der Waals surface area contributed by atoms with Gasteiger partial charge in [0, 0.05) is 0 Å². The lowest BCUT2D eigenvalue weighted by Crippen LogP contribution is -2.12. The molecule has 0 saturated heterocycles. The van der Waals surface area contributed by atoms with Crippen LogP contribution in [0.5, 0.6) is 0 Å². The van der Waals surface area contributed by atoms with Crippen LogP contribution in [0.25, 0.3) is 0 Å². The van der Waals surface area contributed by atoms with Gasteiger partial charge in [-0.3, -0.25) is 0 Å². The lowest BCUT2D eigenvalue weighted by Gasteiger charge is -1.91. The Morgan fingerprint density at radius 2 is 2.11 bits per heavy atom. The van der Waals surface area contributed by atoms with Crippen LogP contribution in [0.1, 0.15) is 0 Å². The number of halogens is 1. The molecule has 0 atom stereocenters. The van der Waals surface area contributed by atoms with Crippen molar-refractivity contribution in [3.05, 3.63) is 12.7 Å². The highest BCUT2D eigenvalue weighted by atomic mass is 35.5. The fourth-order valence-corrected chi connectivity index (χ4v) is 0.551. The fourth-order valence-electron chi connectivity index (χ4n) is 0.184. The summed E-state index contributed by atoms with van der Waals surface area (Å²) in [6.45, 7) is 3.18. The number of hydrogen-bond donors (Lipinski definition) is 1. The molecular weight excluding hydrogens is 166 g/mol. The quantitative estimate of drug-likeness (QED) is 0.475. The summed E-state index contributed by atoms with van der Waals surface area (Å²) in [4.78, 5) is 0. The van der Waals surface area contributed by atoms with Crippen LogP contribution >= 0.6 is 12.4 Å². The predicted molar refractivity (Wildman–Crippen MR) is 36.5 cm³/mol. The third kappa shape index (κ3) is 5.78. The molecule has 0 aromatic heterocycles. The molecule has 0 aromatic carbocycles. The first-order valence-corrected chi connectivity index (χ1v) is 3.42. The van der Waals surface area contributed by atoms with Crippen LogP contribution in [0.15, 0.2) is 12.7 Å². The van der Waals surface area contributed by atoms with Crippen molar-refractivity contribution in [1.82, 2.24) is 0 Å². The molecule has 0 unspecified atom stereocenters. The molecule has 0 saturated carbocycles. The van der Waals surface area contributed by atoms with Crippen molar-refractivity contribution >= 4 is 22.5 Å². The summed E-state index contributed by atoms with van der Waals surface area (Å²) in [6.07, 6.45) is 1.20. The zero-order valence-electron chi connectivity index (χ0n) is 4.61. The molecule has 0 amide bonds. The van der Waals surface area contributed by atoms with Crippen molar-refractivity contribution in [3.63, 3.8) is 0 Å². The number of rotatable bonds is 3. The van der Waals surface area contributed by atoms with E-state index in [0.717, 1.165) is 0 Å². The molecule has 0 radical (unpaired) electrons. The van der Waals surface area contributed by atoms with Gasteiger partial charge in [0.2, 0.25) is 0 Å². The molecule has 0 rings (SSSR count). The minimum absolute atomic E-state index is 0. The van der Waals surface area contributed by atoms with Gasteiger partial charge in [-0.15, -0.1) is 19.0 Å². The first-order chi connectivity index (χ1) is 3.62. The number of nitrogens with two attached hydrogens (primary N) is 1. The summed E-state index contributed by atoms with van der Waals surface area (Å²) < 4.78 is 23.9. The zero-order chi connectivity index (χ0) is 6.62. The second-order valence-corrected chi connectivity index (χ2v) is 2.75. The van der Waals surface area contributed by atoms with Gasteiger partial charge in [-0.1, -0.05) is 6.08 Å². The van der Waals surface area contributed by atoms with E-state index in [0.29, 0.717) is 0 Å². The van der Waals surface area contributed by atoms with Crippen LogP contribution in [0.2, 0.25) is 0 Å². The van der Waals surface area contributed by atoms with Gasteiger partial charge >= 0.3 is 0 Å². The minimum atomic E-state index is -3.51. The van der Waals surface area contributed by atoms with E-state index >= 15 is 0 Å². The molecule has 6 heteroatoms. The van der Waals surface area contributed by atoms with Gasteiger partial charge in [-0.05, 0) is 0 Å². The molecule has 0 aliphatic heterocycles. The van der Waals surface area contributed by atoms with E-state index < -0.39 is 10.1 Å². The van der Waals surface area contributed by atoms with E-state index in [1.54, 1.807) is 0 Å². The van der Waals surface area contributed by atoms with Crippen molar-refractivity contribution in [1.29, 1.82) is 0 Å². The standard InChI is InChI=1S/C3H7NO3S.ClH/c1-2-3-8(5,6)7-4;/h2H,1,3-4H2;1H. The molecule has 2 N–H and O–H groups in total. The monoisotopic (exact) mass is 173 g/mol. The first kappa shape index (κ1) is 11.7. The average molecular weight is 174 g/mol. The van der Waals surface area contributed by atoms with Crippen molar-refractivity contribution in [3.8, 4) is 0 Å². The van der Waals surface area contributed by atoms with E-state index in [9.17, 15) is 8.42 Å². The Labute approximate surface area is 60.2 Å². The van der Waals surface area contributed by atoms with Crippen LogP contribution in [-0.4, -0.2) is 14.2 Å². The smallest absolute Gasteiger partial charge is 0.198 e. The van der Waals surface area contributed by atoms with Crippen molar-refractivity contribution in [2.75, 3.05) is 5.75 Å². The van der Waals surface area contributed by atoms with Gasteiger partial charge < -0.3 is 0 Å². The molecule has 0 aromatic rings. The van der Waals surface area contributed by atoms with Gasteiger partial charge in [0.15, 0.2) is 0 Å². The van der Waals surface area contributed by atoms with Crippen LogP contribution in [-0.2, 0) is 14.4 Å². The molecule has 56 valence electrons. The second-order valence-electron chi connectivity index (χ2n) is 1.11. The van der Waals surface area contributed by atoms with E-state index in [-0.39, 0.29) is 18.2 Å². The van der Waals surface area contributed by atoms with Crippen LogP contribution in [0, 0.1) is 0 Å². The summed E-state index contributed by atoms with van der Waals surface area (Å²) in [7, 11) is -3.51. The maximum atomic E-state index is 10.2. The molecule has 0 aliphatic rings.